The molecule has 1 aliphatic rings. The number of rotatable bonds is 5. The van der Waals surface area contributed by atoms with E-state index >= 15 is 0 Å². The molecule has 9 heteroatoms. The molecule has 31 heavy (non-hydrogen) atoms. The second-order valence-electron chi connectivity index (χ2n) is 8.21. The molecule has 0 saturated carbocycles. The predicted octanol–water partition coefficient (Wildman–Crippen LogP) is 4.89. The van der Waals surface area contributed by atoms with Crippen molar-refractivity contribution in [3.63, 3.8) is 0 Å². The van der Waals surface area contributed by atoms with E-state index in [-0.39, 0.29) is 23.9 Å². The molecule has 0 aliphatic carbocycles. The fourth-order valence-corrected chi connectivity index (χ4v) is 4.05. The molecule has 0 radical (unpaired) electrons. The zero-order valence-corrected chi connectivity index (χ0v) is 19.3. The Morgan fingerprint density at radius 3 is 2.52 bits per heavy atom. The summed E-state index contributed by atoms with van der Waals surface area (Å²) in [6, 6.07) is 11.6. The van der Waals surface area contributed by atoms with Crippen LogP contribution in [0.3, 0.4) is 0 Å². The van der Waals surface area contributed by atoms with E-state index < -0.39 is 0 Å². The Balaban J connectivity index is 1.41. The van der Waals surface area contributed by atoms with Gasteiger partial charge in [-0.15, -0.1) is 10.2 Å². The van der Waals surface area contributed by atoms with Gasteiger partial charge in [-0.25, -0.2) is 0 Å². The van der Waals surface area contributed by atoms with Crippen LogP contribution in [0.5, 0.6) is 11.5 Å². The van der Waals surface area contributed by atoms with Gasteiger partial charge in [-0.05, 0) is 11.0 Å². The summed E-state index contributed by atoms with van der Waals surface area (Å²) in [4.78, 5) is 12.4. The van der Waals surface area contributed by atoms with Crippen molar-refractivity contribution in [2.45, 2.75) is 31.3 Å². The summed E-state index contributed by atoms with van der Waals surface area (Å²) in [7, 11) is 1.89. The van der Waals surface area contributed by atoms with Gasteiger partial charge >= 0.3 is 0 Å². The number of amides is 1. The largest absolute Gasteiger partial charge is 0.454 e. The molecule has 0 bridgehead atoms. The molecule has 1 N–H and O–H groups in total. The van der Waals surface area contributed by atoms with Crippen LogP contribution in [-0.4, -0.2) is 33.2 Å². The summed E-state index contributed by atoms with van der Waals surface area (Å²) in [5, 5.41) is 12.4. The molecule has 2 aromatic carbocycles. The maximum absolute atomic E-state index is 12.4. The van der Waals surface area contributed by atoms with Gasteiger partial charge in [-0.3, -0.25) is 4.79 Å². The number of benzene rings is 2. The van der Waals surface area contributed by atoms with E-state index in [2.05, 4.69) is 48.4 Å². The van der Waals surface area contributed by atoms with Crippen molar-refractivity contribution in [3.8, 4) is 22.9 Å². The van der Waals surface area contributed by atoms with E-state index in [4.69, 9.17) is 21.1 Å². The molecule has 0 saturated heterocycles. The lowest BCUT2D eigenvalue weighted by Crippen LogP contribution is -2.14. The van der Waals surface area contributed by atoms with Crippen LogP contribution in [0, 0.1) is 0 Å². The summed E-state index contributed by atoms with van der Waals surface area (Å²) in [5.41, 5.74) is 2.81. The van der Waals surface area contributed by atoms with E-state index in [9.17, 15) is 4.79 Å². The monoisotopic (exact) mass is 458 g/mol. The fourth-order valence-electron chi connectivity index (χ4n) is 3.14. The first-order chi connectivity index (χ1) is 14.7. The highest BCUT2D eigenvalue weighted by Gasteiger charge is 2.19. The SMILES string of the molecule is Cn1c(SCC(=O)Nc2cc3c(cc2Cl)OCO3)nnc1-c1ccc(C(C)(C)C)cc1. The normalized spacial score (nSPS) is 12.8. The van der Waals surface area contributed by atoms with Crippen molar-refractivity contribution in [2.75, 3.05) is 17.9 Å². The highest BCUT2D eigenvalue weighted by atomic mass is 35.5. The number of hydrogen-bond donors (Lipinski definition) is 1. The Morgan fingerprint density at radius 1 is 1.16 bits per heavy atom. The van der Waals surface area contributed by atoms with Crippen LogP contribution >= 0.6 is 23.4 Å². The molecule has 0 atom stereocenters. The fraction of sp³-hybridized carbons (Fsp3) is 0.318. The van der Waals surface area contributed by atoms with Gasteiger partial charge in [0.05, 0.1) is 16.5 Å². The molecule has 0 unspecified atom stereocenters. The lowest BCUT2D eigenvalue weighted by molar-refractivity contribution is -0.113. The van der Waals surface area contributed by atoms with Crippen molar-refractivity contribution in [2.24, 2.45) is 7.05 Å². The molecule has 7 nitrogen and oxygen atoms in total. The quantitative estimate of drug-likeness (QED) is 0.548. The van der Waals surface area contributed by atoms with Gasteiger partial charge in [-0.1, -0.05) is 68.4 Å². The molecule has 1 amide bonds. The van der Waals surface area contributed by atoms with Crippen molar-refractivity contribution >= 4 is 35.0 Å². The predicted molar refractivity (Wildman–Crippen MR) is 122 cm³/mol. The number of carbonyl (C=O) groups is 1. The minimum absolute atomic E-state index is 0.0909. The maximum Gasteiger partial charge on any atom is 0.234 e. The van der Waals surface area contributed by atoms with Crippen LogP contribution in [0.1, 0.15) is 26.3 Å². The van der Waals surface area contributed by atoms with Crippen LogP contribution < -0.4 is 14.8 Å². The number of anilines is 1. The number of thioether (sulfide) groups is 1. The van der Waals surface area contributed by atoms with Gasteiger partial charge in [0.2, 0.25) is 12.7 Å². The van der Waals surface area contributed by atoms with E-state index in [0.29, 0.717) is 27.4 Å². The molecule has 2 heterocycles. The highest BCUT2D eigenvalue weighted by molar-refractivity contribution is 7.99. The first-order valence-corrected chi connectivity index (χ1v) is 11.1. The number of ether oxygens (including phenoxy) is 2. The number of nitrogens with one attached hydrogen (secondary N) is 1. The standard InChI is InChI=1S/C22H23ClN4O3S/c1-22(2,3)14-7-5-13(6-8-14)20-25-26-21(27(20)4)31-11-19(28)24-16-10-18-17(9-15(16)23)29-12-30-18/h5-10H,11-12H2,1-4H3,(H,24,28). The average molecular weight is 459 g/mol. The lowest BCUT2D eigenvalue weighted by atomic mass is 9.87. The Hall–Kier alpha value is -2.71. The lowest BCUT2D eigenvalue weighted by Gasteiger charge is -2.19. The molecule has 162 valence electrons. The Morgan fingerprint density at radius 2 is 1.84 bits per heavy atom. The van der Waals surface area contributed by atoms with E-state index in [1.165, 1.54) is 17.3 Å². The number of fused-ring (bicyclic) bond motifs is 1. The molecular weight excluding hydrogens is 436 g/mol. The second kappa shape index (κ2) is 8.43. The van der Waals surface area contributed by atoms with E-state index in [1.807, 2.05) is 23.7 Å². The summed E-state index contributed by atoms with van der Waals surface area (Å²) >= 11 is 7.53. The van der Waals surface area contributed by atoms with Crippen molar-refractivity contribution < 1.29 is 14.3 Å². The van der Waals surface area contributed by atoms with Crippen molar-refractivity contribution in [1.82, 2.24) is 14.8 Å². The van der Waals surface area contributed by atoms with Crippen molar-refractivity contribution in [3.05, 3.63) is 47.0 Å². The molecule has 1 aromatic heterocycles. The van der Waals surface area contributed by atoms with Crippen molar-refractivity contribution in [1.29, 1.82) is 0 Å². The summed E-state index contributed by atoms with van der Waals surface area (Å²) < 4.78 is 12.5. The Bertz CT molecular complexity index is 1120. The topological polar surface area (TPSA) is 78.3 Å². The van der Waals surface area contributed by atoms with Gasteiger partial charge in [0, 0.05) is 24.7 Å². The zero-order valence-electron chi connectivity index (χ0n) is 17.7. The van der Waals surface area contributed by atoms with Crippen LogP contribution in [0.25, 0.3) is 11.4 Å². The van der Waals surface area contributed by atoms with Gasteiger partial charge < -0.3 is 19.4 Å². The van der Waals surface area contributed by atoms with Crippen LogP contribution in [0.15, 0.2) is 41.6 Å². The third-order valence-corrected chi connectivity index (χ3v) is 6.25. The molecule has 1 aliphatic heterocycles. The number of hydrogen-bond acceptors (Lipinski definition) is 6. The van der Waals surface area contributed by atoms with Crippen LogP contribution in [-0.2, 0) is 17.3 Å². The van der Waals surface area contributed by atoms with E-state index in [1.54, 1.807) is 12.1 Å². The number of nitrogens with zero attached hydrogens (tertiary/aromatic N) is 3. The van der Waals surface area contributed by atoms with Gasteiger partial charge in [-0.2, -0.15) is 0 Å². The number of aromatic nitrogens is 3. The zero-order chi connectivity index (χ0) is 22.2. The average Bonchev–Trinajstić information content (AvgIpc) is 3.32. The van der Waals surface area contributed by atoms with Crippen LogP contribution in [0.4, 0.5) is 5.69 Å². The number of halogens is 1. The maximum atomic E-state index is 12.4. The molecular formula is C22H23ClN4O3S. The number of carbonyl (C=O) groups excluding carboxylic acids is 1. The third-order valence-electron chi connectivity index (χ3n) is 4.91. The Kier molecular flexibility index (Phi) is 5.85. The minimum Gasteiger partial charge on any atom is -0.454 e. The van der Waals surface area contributed by atoms with E-state index in [0.717, 1.165) is 11.4 Å². The highest BCUT2D eigenvalue weighted by Crippen LogP contribution is 2.39. The summed E-state index contributed by atoms with van der Waals surface area (Å²) in [6.07, 6.45) is 0. The molecule has 3 aromatic rings. The van der Waals surface area contributed by atoms with Gasteiger partial charge in [0.15, 0.2) is 22.5 Å². The van der Waals surface area contributed by atoms with Crippen LogP contribution in [0.2, 0.25) is 5.02 Å². The first kappa shape index (κ1) is 21.5. The van der Waals surface area contributed by atoms with Gasteiger partial charge in [0.1, 0.15) is 0 Å². The minimum atomic E-state index is -0.204. The third kappa shape index (κ3) is 4.65. The molecule has 0 fully saturated rings. The Labute approximate surface area is 190 Å². The summed E-state index contributed by atoms with van der Waals surface area (Å²) in [6.45, 7) is 6.69. The molecule has 0 spiro atoms. The molecule has 4 rings (SSSR count). The summed E-state index contributed by atoms with van der Waals surface area (Å²) in [5.74, 6) is 1.84. The van der Waals surface area contributed by atoms with Gasteiger partial charge in [0.25, 0.3) is 0 Å². The first-order valence-electron chi connectivity index (χ1n) is 9.74. The smallest absolute Gasteiger partial charge is 0.234 e. The second-order valence-corrected chi connectivity index (χ2v) is 9.56.